The van der Waals surface area contributed by atoms with E-state index in [0.717, 1.165) is 23.3 Å². The summed E-state index contributed by atoms with van der Waals surface area (Å²) in [5.41, 5.74) is 1.28. The van der Waals surface area contributed by atoms with E-state index in [2.05, 4.69) is 5.32 Å². The summed E-state index contributed by atoms with van der Waals surface area (Å²) in [7, 11) is -3.93. The number of carboxylic acid groups (broad SMARTS) is 1. The van der Waals surface area contributed by atoms with Crippen LogP contribution in [0.5, 0.6) is 5.75 Å². The van der Waals surface area contributed by atoms with Crippen LogP contribution in [0.2, 0.25) is 0 Å². The number of hydrogen-bond acceptors (Lipinski definition) is 6. The number of carbonyl (C=O) groups is 1. The van der Waals surface area contributed by atoms with Crippen molar-refractivity contribution in [2.45, 2.75) is 35.3 Å². The minimum absolute atomic E-state index is 0. The van der Waals surface area contributed by atoms with E-state index in [0.29, 0.717) is 13.0 Å². The van der Waals surface area contributed by atoms with Gasteiger partial charge in [0.05, 0.1) is 15.9 Å². The van der Waals surface area contributed by atoms with Crippen LogP contribution >= 0.6 is 12.4 Å². The Morgan fingerprint density at radius 3 is 2.18 bits per heavy atom. The zero-order chi connectivity index (χ0) is 23.3. The van der Waals surface area contributed by atoms with Crippen LogP contribution in [-0.4, -0.2) is 42.3 Å². The van der Waals surface area contributed by atoms with Crippen LogP contribution in [0.15, 0.2) is 82.6 Å². The highest BCUT2D eigenvalue weighted by molar-refractivity contribution is 7.91. The van der Waals surface area contributed by atoms with E-state index >= 15 is 0 Å². The van der Waals surface area contributed by atoms with Crippen LogP contribution < -0.4 is 5.32 Å². The first kappa shape index (κ1) is 26.3. The number of phenols is 1. The second-order valence-corrected chi connectivity index (χ2v) is 9.52. The van der Waals surface area contributed by atoms with Crippen LogP contribution in [0.4, 0.5) is 0 Å². The Morgan fingerprint density at radius 1 is 0.970 bits per heavy atom. The summed E-state index contributed by atoms with van der Waals surface area (Å²) in [6.07, 6.45) is 0.0108. The van der Waals surface area contributed by atoms with Gasteiger partial charge in [0, 0.05) is 12.6 Å². The van der Waals surface area contributed by atoms with Crippen LogP contribution in [0.3, 0.4) is 0 Å². The number of benzene rings is 3. The molecule has 0 aromatic heterocycles. The molecule has 0 heterocycles. The highest BCUT2D eigenvalue weighted by atomic mass is 35.5. The third kappa shape index (κ3) is 6.55. The molecule has 0 saturated carbocycles. The van der Waals surface area contributed by atoms with Gasteiger partial charge in [-0.15, -0.1) is 12.4 Å². The Balaban J connectivity index is 0.00000385. The number of aromatic carboxylic acids is 1. The van der Waals surface area contributed by atoms with Crippen molar-refractivity contribution in [3.05, 3.63) is 89.5 Å². The predicted octanol–water partition coefficient (Wildman–Crippen LogP) is 3.60. The van der Waals surface area contributed by atoms with Crippen molar-refractivity contribution in [3.8, 4) is 5.75 Å². The number of aliphatic hydroxyl groups is 1. The van der Waals surface area contributed by atoms with E-state index in [1.807, 2.05) is 37.3 Å². The van der Waals surface area contributed by atoms with Gasteiger partial charge in [-0.05, 0) is 54.8 Å². The second kappa shape index (κ2) is 11.3. The third-order valence-electron chi connectivity index (χ3n) is 5.13. The van der Waals surface area contributed by atoms with Crippen molar-refractivity contribution in [1.82, 2.24) is 5.32 Å². The fourth-order valence-corrected chi connectivity index (χ4v) is 4.61. The molecule has 0 aliphatic carbocycles. The molecule has 0 aliphatic heterocycles. The number of halogens is 1. The molecule has 3 aromatic rings. The Kier molecular flexibility index (Phi) is 9.01. The summed E-state index contributed by atoms with van der Waals surface area (Å²) in [5, 5.41) is 32.3. The number of carboxylic acids is 1. The van der Waals surface area contributed by atoms with E-state index in [-0.39, 0.29) is 28.2 Å². The number of sulfone groups is 1. The quantitative estimate of drug-likeness (QED) is 0.360. The number of hydrogen-bond donors (Lipinski definition) is 4. The molecule has 9 heteroatoms. The first-order valence-electron chi connectivity index (χ1n) is 10.0. The second-order valence-electron chi connectivity index (χ2n) is 7.57. The van der Waals surface area contributed by atoms with Gasteiger partial charge in [-0.1, -0.05) is 42.5 Å². The lowest BCUT2D eigenvalue weighted by Crippen LogP contribution is -2.32. The van der Waals surface area contributed by atoms with Gasteiger partial charge in [0.1, 0.15) is 11.3 Å². The predicted molar refractivity (Wildman–Crippen MR) is 127 cm³/mol. The van der Waals surface area contributed by atoms with Crippen molar-refractivity contribution >= 4 is 28.2 Å². The summed E-state index contributed by atoms with van der Waals surface area (Å²) < 4.78 is 25.7. The SMILES string of the molecule is C[C@H](Cc1ccc(S(=O)(=O)c2ccc(O)c(C(=O)O)c2)cc1)NC[C@H](O)c1ccccc1.Cl. The lowest BCUT2D eigenvalue weighted by atomic mass is 10.1. The highest BCUT2D eigenvalue weighted by Crippen LogP contribution is 2.26. The van der Waals surface area contributed by atoms with Crippen molar-refractivity contribution in [3.63, 3.8) is 0 Å². The molecule has 2 atom stereocenters. The van der Waals surface area contributed by atoms with Crippen LogP contribution in [-0.2, 0) is 16.3 Å². The van der Waals surface area contributed by atoms with Gasteiger partial charge in [0.25, 0.3) is 0 Å². The molecule has 3 aromatic carbocycles. The molecule has 0 spiro atoms. The van der Waals surface area contributed by atoms with E-state index in [4.69, 9.17) is 5.11 Å². The van der Waals surface area contributed by atoms with E-state index < -0.39 is 33.2 Å². The van der Waals surface area contributed by atoms with E-state index in [1.165, 1.54) is 18.2 Å². The topological polar surface area (TPSA) is 124 Å². The van der Waals surface area contributed by atoms with Gasteiger partial charge in [-0.25, -0.2) is 13.2 Å². The number of aromatic hydroxyl groups is 1. The lowest BCUT2D eigenvalue weighted by Gasteiger charge is -2.17. The van der Waals surface area contributed by atoms with Gasteiger partial charge in [0.15, 0.2) is 0 Å². The molecule has 3 rings (SSSR count). The number of aliphatic hydroxyl groups excluding tert-OH is 1. The summed E-state index contributed by atoms with van der Waals surface area (Å²) in [5.74, 6) is -1.90. The molecule has 0 saturated heterocycles. The van der Waals surface area contributed by atoms with Crippen LogP contribution in [0.25, 0.3) is 0 Å². The molecule has 33 heavy (non-hydrogen) atoms. The molecule has 0 amide bonds. The number of nitrogens with one attached hydrogen (secondary N) is 1. The van der Waals surface area contributed by atoms with Gasteiger partial charge < -0.3 is 20.6 Å². The van der Waals surface area contributed by atoms with Crippen molar-refractivity contribution in [1.29, 1.82) is 0 Å². The zero-order valence-electron chi connectivity index (χ0n) is 17.9. The zero-order valence-corrected chi connectivity index (χ0v) is 19.5. The highest BCUT2D eigenvalue weighted by Gasteiger charge is 2.21. The average molecular weight is 492 g/mol. The van der Waals surface area contributed by atoms with Crippen molar-refractivity contribution in [2.24, 2.45) is 0 Å². The minimum Gasteiger partial charge on any atom is -0.507 e. The van der Waals surface area contributed by atoms with Gasteiger partial charge in [0.2, 0.25) is 9.84 Å². The maximum Gasteiger partial charge on any atom is 0.339 e. The fraction of sp³-hybridized carbons (Fsp3) is 0.208. The molecule has 176 valence electrons. The third-order valence-corrected chi connectivity index (χ3v) is 6.90. The van der Waals surface area contributed by atoms with Crippen molar-refractivity contribution in [2.75, 3.05) is 6.54 Å². The molecule has 7 nitrogen and oxygen atoms in total. The smallest absolute Gasteiger partial charge is 0.339 e. The Morgan fingerprint density at radius 2 is 1.58 bits per heavy atom. The molecule has 0 aliphatic rings. The van der Waals surface area contributed by atoms with Crippen LogP contribution in [0, 0.1) is 0 Å². The lowest BCUT2D eigenvalue weighted by molar-refractivity contribution is 0.0693. The maximum atomic E-state index is 12.9. The standard InChI is InChI=1S/C24H25NO6S.ClH/c1-16(25-15-23(27)18-5-3-2-4-6-18)13-17-7-9-19(10-8-17)32(30,31)20-11-12-22(26)21(14-20)24(28)29;/h2-12,14,16,23,25-27H,13,15H2,1H3,(H,28,29);1H/t16-,23+;/m1./s1. The molecular weight excluding hydrogens is 466 g/mol. The monoisotopic (exact) mass is 491 g/mol. The Bertz CT molecular complexity index is 1180. The summed E-state index contributed by atoms with van der Waals surface area (Å²) in [4.78, 5) is 11.0. The largest absolute Gasteiger partial charge is 0.507 e. The van der Waals surface area contributed by atoms with Crippen molar-refractivity contribution < 1.29 is 28.5 Å². The Labute approximate surface area is 199 Å². The molecule has 4 N–H and O–H groups in total. The molecule has 0 radical (unpaired) electrons. The Hall–Kier alpha value is -2.91. The molecule has 0 fully saturated rings. The van der Waals surface area contributed by atoms with Gasteiger partial charge in [-0.2, -0.15) is 0 Å². The summed E-state index contributed by atoms with van der Waals surface area (Å²) in [6, 6.07) is 19.0. The molecule has 0 unspecified atom stereocenters. The molecule has 0 bridgehead atoms. The fourth-order valence-electron chi connectivity index (χ4n) is 3.33. The van der Waals surface area contributed by atoms with Gasteiger partial charge >= 0.3 is 5.97 Å². The number of rotatable bonds is 9. The van der Waals surface area contributed by atoms with E-state index in [1.54, 1.807) is 12.1 Å². The average Bonchev–Trinajstić information content (AvgIpc) is 2.78. The normalized spacial score (nSPS) is 13.0. The summed E-state index contributed by atoms with van der Waals surface area (Å²) >= 11 is 0. The van der Waals surface area contributed by atoms with Crippen LogP contribution in [0.1, 0.15) is 34.5 Å². The first-order valence-corrected chi connectivity index (χ1v) is 11.5. The van der Waals surface area contributed by atoms with Gasteiger partial charge in [-0.3, -0.25) is 0 Å². The maximum absolute atomic E-state index is 12.9. The first-order chi connectivity index (χ1) is 15.2. The molecular formula is C24H26ClNO6S. The summed E-state index contributed by atoms with van der Waals surface area (Å²) in [6.45, 7) is 2.37. The minimum atomic E-state index is -3.93. The van der Waals surface area contributed by atoms with E-state index in [9.17, 15) is 23.4 Å².